The van der Waals surface area contributed by atoms with Gasteiger partial charge in [0, 0.05) is 10.6 Å². The van der Waals surface area contributed by atoms with E-state index in [1.54, 1.807) is 28.2 Å². The molecule has 3 heterocycles. The Balaban J connectivity index is 1.39. The van der Waals surface area contributed by atoms with Gasteiger partial charge in [0.2, 0.25) is 0 Å². The van der Waals surface area contributed by atoms with Crippen molar-refractivity contribution >= 4 is 38.8 Å². The molecule has 0 aliphatic carbocycles. The fourth-order valence-corrected chi connectivity index (χ4v) is 3.77. The van der Waals surface area contributed by atoms with E-state index in [2.05, 4.69) is 15.1 Å². The number of hydrogen-bond donors (Lipinski definition) is 0. The van der Waals surface area contributed by atoms with Crippen molar-refractivity contribution in [3.63, 3.8) is 0 Å². The van der Waals surface area contributed by atoms with Crippen molar-refractivity contribution < 1.29 is 4.74 Å². The Hall–Kier alpha value is -2.96. The van der Waals surface area contributed by atoms with E-state index in [0.717, 1.165) is 32.7 Å². The van der Waals surface area contributed by atoms with Gasteiger partial charge in [0.25, 0.3) is 0 Å². The molecule has 0 N–H and O–H groups in total. The minimum Gasteiger partial charge on any atom is -0.489 e. The summed E-state index contributed by atoms with van der Waals surface area (Å²) >= 11 is 7.58. The molecule has 0 fully saturated rings. The van der Waals surface area contributed by atoms with E-state index in [4.69, 9.17) is 16.3 Å². The molecule has 0 saturated heterocycles. The van der Waals surface area contributed by atoms with Crippen LogP contribution in [0.15, 0.2) is 66.3 Å². The average molecular weight is 393 g/mol. The van der Waals surface area contributed by atoms with Gasteiger partial charge in [0.05, 0.1) is 5.39 Å². The second-order valence-corrected chi connectivity index (χ2v) is 7.36. The fourth-order valence-electron chi connectivity index (χ4n) is 2.86. The number of fused-ring (bicyclic) bond motifs is 3. The van der Waals surface area contributed by atoms with Crippen molar-refractivity contribution in [2.24, 2.45) is 0 Å². The Morgan fingerprint density at radius 1 is 1.07 bits per heavy atom. The number of nitrogens with zero attached hydrogens (tertiary/aromatic N) is 4. The van der Waals surface area contributed by atoms with E-state index in [0.29, 0.717) is 17.5 Å². The Labute approximate surface area is 163 Å². The highest BCUT2D eigenvalue weighted by molar-refractivity contribution is 7.16. The van der Waals surface area contributed by atoms with Crippen molar-refractivity contribution in [2.45, 2.75) is 6.61 Å². The molecule has 0 atom stereocenters. The monoisotopic (exact) mass is 392 g/mol. The summed E-state index contributed by atoms with van der Waals surface area (Å²) in [6, 6.07) is 17.5. The van der Waals surface area contributed by atoms with Crippen LogP contribution >= 0.6 is 22.9 Å². The molecule has 0 radical (unpaired) electrons. The topological polar surface area (TPSA) is 52.3 Å². The first-order valence-electron chi connectivity index (χ1n) is 8.32. The smallest absolute Gasteiger partial charge is 0.182 e. The predicted molar refractivity (Wildman–Crippen MR) is 107 cm³/mol. The van der Waals surface area contributed by atoms with Crippen LogP contribution in [-0.4, -0.2) is 19.6 Å². The number of thiophene rings is 1. The van der Waals surface area contributed by atoms with Gasteiger partial charge in [-0.1, -0.05) is 41.9 Å². The van der Waals surface area contributed by atoms with Crippen molar-refractivity contribution in [1.29, 1.82) is 0 Å². The lowest BCUT2D eigenvalue weighted by Gasteiger charge is -2.07. The molecular weight excluding hydrogens is 380 g/mol. The predicted octanol–water partition coefficient (Wildman–Crippen LogP) is 5.24. The Bertz CT molecular complexity index is 1250. The van der Waals surface area contributed by atoms with Crippen molar-refractivity contribution in [1.82, 2.24) is 19.6 Å². The molecule has 132 valence electrons. The van der Waals surface area contributed by atoms with E-state index in [1.807, 2.05) is 53.9 Å². The molecule has 0 spiro atoms. The van der Waals surface area contributed by atoms with Gasteiger partial charge in [-0.2, -0.15) is 0 Å². The number of hydrogen-bond acceptors (Lipinski definition) is 5. The zero-order chi connectivity index (χ0) is 18.2. The van der Waals surface area contributed by atoms with Gasteiger partial charge in [0.1, 0.15) is 23.5 Å². The third-order valence-electron chi connectivity index (χ3n) is 4.22. The van der Waals surface area contributed by atoms with Gasteiger partial charge >= 0.3 is 0 Å². The van der Waals surface area contributed by atoms with Crippen molar-refractivity contribution in [2.75, 3.05) is 0 Å². The van der Waals surface area contributed by atoms with Crippen molar-refractivity contribution in [3.05, 3.63) is 76.9 Å². The van der Waals surface area contributed by atoms with Crippen LogP contribution in [0.4, 0.5) is 0 Å². The van der Waals surface area contributed by atoms with Crippen LogP contribution < -0.4 is 4.74 Å². The number of halogens is 1. The normalized spacial score (nSPS) is 11.3. The van der Waals surface area contributed by atoms with Crippen LogP contribution in [0.1, 0.15) is 5.56 Å². The summed E-state index contributed by atoms with van der Waals surface area (Å²) in [4.78, 5) is 10.1. The lowest BCUT2D eigenvalue weighted by atomic mass is 10.1. The van der Waals surface area contributed by atoms with Gasteiger partial charge < -0.3 is 4.74 Å². The van der Waals surface area contributed by atoms with Crippen LogP contribution in [0, 0.1) is 0 Å². The van der Waals surface area contributed by atoms with Crippen molar-refractivity contribution in [3.8, 4) is 17.1 Å². The van der Waals surface area contributed by atoms with Gasteiger partial charge in [-0.15, -0.1) is 16.4 Å². The van der Waals surface area contributed by atoms with E-state index in [9.17, 15) is 0 Å². The highest BCUT2D eigenvalue weighted by atomic mass is 35.5. The molecule has 5 aromatic rings. The van der Waals surface area contributed by atoms with Gasteiger partial charge in [-0.05, 0) is 35.2 Å². The molecule has 0 aliphatic rings. The average Bonchev–Trinajstić information content (AvgIpc) is 3.33. The first-order chi connectivity index (χ1) is 13.3. The molecule has 0 saturated carbocycles. The van der Waals surface area contributed by atoms with E-state index in [1.165, 1.54) is 0 Å². The summed E-state index contributed by atoms with van der Waals surface area (Å²) in [6.45, 7) is 0.471. The molecule has 5 nitrogen and oxygen atoms in total. The first-order valence-corrected chi connectivity index (χ1v) is 9.58. The molecule has 5 rings (SSSR count). The number of ether oxygens (including phenoxy) is 1. The summed E-state index contributed by atoms with van der Waals surface area (Å²) in [7, 11) is 0. The first kappa shape index (κ1) is 16.2. The number of aromatic nitrogens is 4. The second kappa shape index (κ2) is 6.64. The van der Waals surface area contributed by atoms with E-state index in [-0.39, 0.29) is 0 Å². The Morgan fingerprint density at radius 3 is 2.81 bits per heavy atom. The molecule has 0 bridgehead atoms. The quantitative estimate of drug-likeness (QED) is 0.419. The summed E-state index contributed by atoms with van der Waals surface area (Å²) in [5.74, 6) is 1.43. The van der Waals surface area contributed by atoms with Gasteiger partial charge in [-0.25, -0.2) is 14.5 Å². The summed E-state index contributed by atoms with van der Waals surface area (Å²) in [5, 5.41) is 8.25. The maximum absolute atomic E-state index is 5.98. The fraction of sp³-hybridized carbons (Fsp3) is 0.0500. The highest BCUT2D eigenvalue weighted by Gasteiger charge is 2.10. The maximum atomic E-state index is 5.98. The molecule has 27 heavy (non-hydrogen) atoms. The molecule has 0 aliphatic heterocycles. The van der Waals surface area contributed by atoms with Gasteiger partial charge in [-0.3, -0.25) is 0 Å². The van der Waals surface area contributed by atoms with Crippen LogP contribution in [0.25, 0.3) is 27.3 Å². The lowest BCUT2D eigenvalue weighted by molar-refractivity contribution is 0.306. The minimum absolute atomic E-state index is 0.471. The Kier molecular flexibility index (Phi) is 3.99. The molecule has 3 aromatic heterocycles. The SMILES string of the molecule is Clc1cccc(OCc2ccc(-c3nc4c5ccsc5ncn4n3)cc2)c1. The Morgan fingerprint density at radius 2 is 1.96 bits per heavy atom. The van der Waals surface area contributed by atoms with Gasteiger partial charge in [0.15, 0.2) is 11.5 Å². The summed E-state index contributed by atoms with van der Waals surface area (Å²) in [5.41, 5.74) is 2.84. The standard InChI is InChI=1S/C20H13ClN4OS/c21-15-2-1-3-16(10-15)26-11-13-4-6-14(7-5-13)18-23-19-17-8-9-27-20(17)22-12-25(19)24-18/h1-10,12H,11H2. The summed E-state index contributed by atoms with van der Waals surface area (Å²) < 4.78 is 7.50. The number of rotatable bonds is 4. The molecular formula is C20H13ClN4OS. The zero-order valence-corrected chi connectivity index (χ0v) is 15.6. The molecule has 7 heteroatoms. The summed E-state index contributed by atoms with van der Waals surface area (Å²) in [6.07, 6.45) is 1.71. The minimum atomic E-state index is 0.471. The largest absolute Gasteiger partial charge is 0.489 e. The van der Waals surface area contributed by atoms with Crippen LogP contribution in [0.2, 0.25) is 5.02 Å². The van der Waals surface area contributed by atoms with E-state index >= 15 is 0 Å². The van der Waals surface area contributed by atoms with E-state index < -0.39 is 0 Å². The van der Waals surface area contributed by atoms with Crippen LogP contribution in [0.5, 0.6) is 5.75 Å². The lowest BCUT2D eigenvalue weighted by Crippen LogP contribution is -1.95. The second-order valence-electron chi connectivity index (χ2n) is 6.03. The third-order valence-corrected chi connectivity index (χ3v) is 5.27. The third kappa shape index (κ3) is 3.13. The van der Waals surface area contributed by atoms with Crippen LogP contribution in [0.3, 0.4) is 0 Å². The molecule has 0 unspecified atom stereocenters. The van der Waals surface area contributed by atoms with Crippen LogP contribution in [-0.2, 0) is 6.61 Å². The molecule has 2 aromatic carbocycles. The zero-order valence-electron chi connectivity index (χ0n) is 14.0. The maximum Gasteiger partial charge on any atom is 0.182 e. The highest BCUT2D eigenvalue weighted by Crippen LogP contribution is 2.24. The molecule has 0 amide bonds. The number of benzene rings is 2.